The highest BCUT2D eigenvalue weighted by Crippen LogP contribution is 2.14. The summed E-state index contributed by atoms with van der Waals surface area (Å²) in [6.45, 7) is 29.0. The molecule has 0 aromatic rings. The van der Waals surface area contributed by atoms with E-state index in [1.54, 1.807) is 9.80 Å². The molecular weight excluding hydrogens is 625 g/mol. The number of nitrogens with zero attached hydrogens (tertiary/aromatic N) is 2. The fourth-order valence-corrected chi connectivity index (χ4v) is 7.94. The molecule has 0 unspecified atom stereocenters. The molecule has 0 aliphatic carbocycles. The van der Waals surface area contributed by atoms with Gasteiger partial charge in [0.1, 0.15) is 0 Å². The molecule has 0 rings (SSSR count). The Bertz CT molecular complexity index is 792. The van der Waals surface area contributed by atoms with Crippen molar-refractivity contribution in [3.05, 3.63) is 0 Å². The highest BCUT2D eigenvalue weighted by atomic mass is 28.4. The molecule has 0 saturated carbocycles. The quantitative estimate of drug-likeness (QED) is 0.192. The lowest BCUT2D eigenvalue weighted by atomic mass is 10.2. The number of hydrogen-bond acceptors (Lipinski definition) is 11. The molecule has 246 valence electrons. The van der Waals surface area contributed by atoms with Crippen molar-refractivity contribution < 1.29 is 41.3 Å². The lowest BCUT2D eigenvalue weighted by molar-refractivity contribution is -0.141. The Labute approximate surface area is 259 Å². The van der Waals surface area contributed by atoms with Gasteiger partial charge in [-0.25, -0.2) is 0 Å². The van der Waals surface area contributed by atoms with E-state index in [9.17, 15) is 19.2 Å². The molecular formula is C26H58N2O9Si5. The second kappa shape index (κ2) is 16.2. The van der Waals surface area contributed by atoms with Gasteiger partial charge in [0.05, 0.1) is 32.3 Å². The molecule has 16 heteroatoms. The maximum Gasteiger partial charge on any atom is 0.306 e. The lowest BCUT2D eigenvalue weighted by Gasteiger charge is -2.35. The summed E-state index contributed by atoms with van der Waals surface area (Å²) in [5, 5.41) is 0. The van der Waals surface area contributed by atoms with Crippen molar-refractivity contribution in [2.75, 3.05) is 39.3 Å². The van der Waals surface area contributed by atoms with Crippen LogP contribution in [-0.2, 0) is 41.3 Å². The smallest absolute Gasteiger partial charge is 0.306 e. The van der Waals surface area contributed by atoms with Gasteiger partial charge in [-0.2, -0.15) is 0 Å². The first-order chi connectivity index (χ1) is 18.5. The molecule has 42 heavy (non-hydrogen) atoms. The van der Waals surface area contributed by atoms with Gasteiger partial charge in [-0.1, -0.05) is 0 Å². The molecule has 0 radical (unpaired) electrons. The van der Waals surface area contributed by atoms with Crippen LogP contribution < -0.4 is 0 Å². The number of rotatable bonds is 18. The molecule has 11 nitrogen and oxygen atoms in total. The normalized spacial score (nSPS) is 13.4. The first-order valence-corrected chi connectivity index (χ1v) is 31.6. The Morgan fingerprint density at radius 1 is 0.429 bits per heavy atom. The second-order valence-corrected chi connectivity index (χ2v) is 37.7. The van der Waals surface area contributed by atoms with Crippen LogP contribution in [0.2, 0.25) is 98.2 Å². The average Bonchev–Trinajstić information content (AvgIpc) is 2.59. The zero-order chi connectivity index (χ0) is 33.3. The third-order valence-electron chi connectivity index (χ3n) is 4.53. The summed E-state index contributed by atoms with van der Waals surface area (Å²) in [7, 11) is -10.8. The minimum absolute atomic E-state index is 0.119. The predicted molar refractivity (Wildman–Crippen MR) is 179 cm³/mol. The fraction of sp³-hybridized carbons (Fsp3) is 0.846. The molecule has 0 spiro atoms. The molecule has 0 amide bonds. The van der Waals surface area contributed by atoms with Crippen molar-refractivity contribution in [2.45, 2.75) is 104 Å². The van der Waals surface area contributed by atoms with Crippen LogP contribution in [0.3, 0.4) is 0 Å². The first-order valence-electron chi connectivity index (χ1n) is 14.5. The summed E-state index contributed by atoms with van der Waals surface area (Å²) in [4.78, 5) is 54.8. The second-order valence-electron chi connectivity index (χ2n) is 15.5. The SMILES string of the molecule is C[Si](C)(C)OC(=O)CN(CC(=O)O[Si](C)(C)C)CC(CN(CC(=O)O[Si](C)(C)C)CC(=O)O[Si](C)(C)C)O[Si](C)(C)C. The Hall–Kier alpha value is -1.16. The third kappa shape index (κ3) is 24.3. The Morgan fingerprint density at radius 2 is 0.643 bits per heavy atom. The van der Waals surface area contributed by atoms with Crippen molar-refractivity contribution in [3.63, 3.8) is 0 Å². The van der Waals surface area contributed by atoms with Gasteiger partial charge in [0.15, 0.2) is 8.32 Å². The van der Waals surface area contributed by atoms with E-state index in [2.05, 4.69) is 0 Å². The topological polar surface area (TPSA) is 121 Å². The molecule has 0 aromatic heterocycles. The van der Waals surface area contributed by atoms with E-state index in [1.165, 1.54) is 0 Å². The van der Waals surface area contributed by atoms with Gasteiger partial charge in [0.25, 0.3) is 0 Å². The fourth-order valence-electron chi connectivity index (χ4n) is 3.80. The van der Waals surface area contributed by atoms with Crippen LogP contribution in [0.4, 0.5) is 0 Å². The van der Waals surface area contributed by atoms with Gasteiger partial charge in [-0.05, 0) is 98.2 Å². The van der Waals surface area contributed by atoms with Crippen LogP contribution in [0.25, 0.3) is 0 Å². The summed E-state index contributed by atoms with van der Waals surface area (Å²) in [5.41, 5.74) is 0. The average molecular weight is 683 g/mol. The summed E-state index contributed by atoms with van der Waals surface area (Å²) < 4.78 is 29.2. The summed E-state index contributed by atoms with van der Waals surface area (Å²) >= 11 is 0. The Balaban J connectivity index is 6.22. The van der Waals surface area contributed by atoms with Gasteiger partial charge < -0.3 is 22.1 Å². The monoisotopic (exact) mass is 682 g/mol. The lowest BCUT2D eigenvalue weighted by Crippen LogP contribution is -2.51. The van der Waals surface area contributed by atoms with E-state index in [0.29, 0.717) is 0 Å². The van der Waals surface area contributed by atoms with E-state index in [-0.39, 0.29) is 39.3 Å². The van der Waals surface area contributed by atoms with Crippen molar-refractivity contribution in [1.29, 1.82) is 0 Å². The summed E-state index contributed by atoms with van der Waals surface area (Å²) in [6, 6.07) is 0. The van der Waals surface area contributed by atoms with Crippen LogP contribution in [0.1, 0.15) is 0 Å². The molecule has 0 saturated heterocycles. The minimum atomic E-state index is -2.16. The first kappa shape index (κ1) is 40.8. The van der Waals surface area contributed by atoms with Crippen molar-refractivity contribution in [1.82, 2.24) is 9.80 Å². The van der Waals surface area contributed by atoms with Gasteiger partial charge in [0.2, 0.25) is 33.3 Å². The van der Waals surface area contributed by atoms with Crippen LogP contribution >= 0.6 is 0 Å². The largest absolute Gasteiger partial charge is 0.519 e. The van der Waals surface area contributed by atoms with Crippen LogP contribution in [0.15, 0.2) is 0 Å². The Morgan fingerprint density at radius 3 is 0.810 bits per heavy atom. The van der Waals surface area contributed by atoms with Crippen molar-refractivity contribution in [2.24, 2.45) is 0 Å². The zero-order valence-corrected chi connectivity index (χ0v) is 33.9. The minimum Gasteiger partial charge on any atom is -0.519 e. The summed E-state index contributed by atoms with van der Waals surface area (Å²) in [6.07, 6.45) is -0.532. The molecule has 0 bridgehead atoms. The number of carbonyl (C=O) groups excluding carboxylic acids is 4. The molecule has 0 aliphatic rings. The van der Waals surface area contributed by atoms with Gasteiger partial charge in [-0.3, -0.25) is 29.0 Å². The van der Waals surface area contributed by atoms with Crippen LogP contribution in [0, 0.1) is 0 Å². The third-order valence-corrected chi connectivity index (χ3v) is 8.94. The maximum absolute atomic E-state index is 12.9. The van der Waals surface area contributed by atoms with Crippen molar-refractivity contribution in [3.8, 4) is 0 Å². The molecule has 0 fully saturated rings. The van der Waals surface area contributed by atoms with Gasteiger partial charge in [0, 0.05) is 13.1 Å². The van der Waals surface area contributed by atoms with Crippen molar-refractivity contribution >= 4 is 65.5 Å². The number of hydrogen-bond donors (Lipinski definition) is 0. The summed E-state index contributed by atoms with van der Waals surface area (Å²) in [5.74, 6) is -1.68. The molecule has 0 aliphatic heterocycles. The Kier molecular flexibility index (Phi) is 15.8. The predicted octanol–water partition coefficient (Wildman–Crippen LogP) is 4.32. The van der Waals surface area contributed by atoms with E-state index in [4.69, 9.17) is 22.1 Å². The van der Waals surface area contributed by atoms with E-state index >= 15 is 0 Å². The van der Waals surface area contributed by atoms with Gasteiger partial charge in [-0.15, -0.1) is 0 Å². The highest BCUT2D eigenvalue weighted by Gasteiger charge is 2.32. The standard InChI is InChI=1S/C26H58N2O9Si5/c1-38(2,3)33-22(16-27(18-23(29)34-39(4,5)6)19-24(30)35-40(7,8)9)17-28(20-25(31)36-41(10,11)12)21-26(32)37-42(13,14)15/h22H,16-21H2,1-15H3. The van der Waals surface area contributed by atoms with E-state index in [1.807, 2.05) is 98.2 Å². The van der Waals surface area contributed by atoms with E-state index < -0.39 is 71.6 Å². The highest BCUT2D eigenvalue weighted by molar-refractivity contribution is 6.72. The molecule has 0 N–H and O–H groups in total. The zero-order valence-electron chi connectivity index (χ0n) is 28.9. The van der Waals surface area contributed by atoms with Crippen LogP contribution in [-0.4, -0.2) is 121 Å². The number of carbonyl (C=O) groups is 4. The van der Waals surface area contributed by atoms with E-state index in [0.717, 1.165) is 0 Å². The molecule has 0 atom stereocenters. The van der Waals surface area contributed by atoms with Crippen LogP contribution in [0.5, 0.6) is 0 Å². The van der Waals surface area contributed by atoms with Gasteiger partial charge >= 0.3 is 23.9 Å². The molecule has 0 aromatic carbocycles. The molecule has 0 heterocycles. The maximum atomic E-state index is 12.9.